The minimum absolute atomic E-state index is 0.0158. The highest BCUT2D eigenvalue weighted by Crippen LogP contribution is 2.33. The molecular formula is C27H42O6. The van der Waals surface area contributed by atoms with Crippen molar-refractivity contribution in [3.8, 4) is 0 Å². The third-order valence-electron chi connectivity index (χ3n) is 7.22. The number of esters is 1. The van der Waals surface area contributed by atoms with Gasteiger partial charge in [0.25, 0.3) is 0 Å². The van der Waals surface area contributed by atoms with Gasteiger partial charge in [0.2, 0.25) is 0 Å². The first-order valence-electron chi connectivity index (χ1n) is 12.0. The monoisotopic (exact) mass is 462 g/mol. The Hall–Kier alpha value is -1.73. The Morgan fingerprint density at radius 3 is 2.61 bits per heavy atom. The fourth-order valence-corrected chi connectivity index (χ4v) is 4.29. The number of aliphatic hydroxyl groups excluding tert-OH is 3. The lowest BCUT2D eigenvalue weighted by Gasteiger charge is -2.35. The molecule has 0 fully saturated rings. The molecule has 6 heteroatoms. The van der Waals surface area contributed by atoms with Crippen LogP contribution < -0.4 is 0 Å². The predicted octanol–water partition coefficient (Wildman–Crippen LogP) is 3.55. The summed E-state index contributed by atoms with van der Waals surface area (Å²) in [6, 6.07) is 7.82. The van der Waals surface area contributed by atoms with Crippen molar-refractivity contribution in [1.82, 2.24) is 0 Å². The van der Waals surface area contributed by atoms with Crippen molar-refractivity contribution in [1.29, 1.82) is 0 Å². The molecule has 1 aromatic rings. The second kappa shape index (κ2) is 12.1. The van der Waals surface area contributed by atoms with Crippen molar-refractivity contribution in [3.63, 3.8) is 0 Å². The second-order valence-corrected chi connectivity index (χ2v) is 10.0. The average Bonchev–Trinajstić information content (AvgIpc) is 2.79. The van der Waals surface area contributed by atoms with E-state index in [1.807, 2.05) is 58.0 Å². The van der Waals surface area contributed by atoms with E-state index in [0.29, 0.717) is 19.3 Å². The second-order valence-electron chi connectivity index (χ2n) is 10.0. The molecule has 1 aliphatic rings. The van der Waals surface area contributed by atoms with E-state index in [0.717, 1.165) is 23.1 Å². The first-order valence-corrected chi connectivity index (χ1v) is 12.0. The summed E-state index contributed by atoms with van der Waals surface area (Å²) in [5.41, 5.74) is 2.18. The van der Waals surface area contributed by atoms with Crippen molar-refractivity contribution >= 4 is 5.97 Å². The Morgan fingerprint density at radius 2 is 2.00 bits per heavy atom. The molecule has 0 saturated carbocycles. The molecule has 1 aromatic carbocycles. The summed E-state index contributed by atoms with van der Waals surface area (Å²) in [7, 11) is 1.60. The molecule has 186 valence electrons. The molecule has 3 N–H and O–H groups in total. The molecule has 33 heavy (non-hydrogen) atoms. The molecule has 0 aliphatic carbocycles. The van der Waals surface area contributed by atoms with Crippen LogP contribution in [0.4, 0.5) is 0 Å². The largest absolute Gasteiger partial charge is 0.457 e. The molecule has 0 unspecified atom stereocenters. The van der Waals surface area contributed by atoms with E-state index in [1.165, 1.54) is 0 Å². The van der Waals surface area contributed by atoms with Gasteiger partial charge in [-0.3, -0.25) is 4.79 Å². The standard InChI is InChI=1S/C27H42O6/c1-7-19(16-28)11-17(2)24-14-22(32-6)15-25(30)27(4,5)21-10-8-9-20(12-21)13-23(29)18(3)26(31)33-24/h8-12,18-19,22-25,28-30H,7,13-16H2,1-6H3/b17-11-/t18-,19+,22+,23+,24-,25+/m0/s1. The van der Waals surface area contributed by atoms with Gasteiger partial charge in [-0.05, 0) is 43.4 Å². The zero-order chi connectivity index (χ0) is 24.8. The number of benzene rings is 1. The Bertz CT molecular complexity index is 798. The van der Waals surface area contributed by atoms with Gasteiger partial charge < -0.3 is 24.8 Å². The van der Waals surface area contributed by atoms with Crippen LogP contribution in [0.25, 0.3) is 0 Å². The number of fused-ring (bicyclic) bond motifs is 2. The molecule has 0 aromatic heterocycles. The maximum absolute atomic E-state index is 13.0. The average molecular weight is 463 g/mol. The van der Waals surface area contributed by atoms with Crippen molar-refractivity contribution in [2.75, 3.05) is 13.7 Å². The van der Waals surface area contributed by atoms with Crippen LogP contribution in [-0.2, 0) is 26.1 Å². The van der Waals surface area contributed by atoms with Gasteiger partial charge in [-0.1, -0.05) is 51.1 Å². The highest BCUT2D eigenvalue weighted by Gasteiger charge is 2.35. The molecular weight excluding hydrogens is 420 g/mol. The first-order chi connectivity index (χ1) is 15.5. The van der Waals surface area contributed by atoms with Crippen LogP contribution in [0.2, 0.25) is 0 Å². The molecule has 0 spiro atoms. The molecule has 1 heterocycles. The van der Waals surface area contributed by atoms with E-state index in [1.54, 1.807) is 14.0 Å². The van der Waals surface area contributed by atoms with Crippen molar-refractivity contribution in [2.45, 2.75) is 90.1 Å². The van der Waals surface area contributed by atoms with Crippen molar-refractivity contribution in [2.24, 2.45) is 11.8 Å². The maximum Gasteiger partial charge on any atom is 0.311 e. The quantitative estimate of drug-likeness (QED) is 0.457. The lowest BCUT2D eigenvalue weighted by molar-refractivity contribution is -0.157. The Morgan fingerprint density at radius 1 is 1.30 bits per heavy atom. The summed E-state index contributed by atoms with van der Waals surface area (Å²) in [5, 5.41) is 31.6. The van der Waals surface area contributed by atoms with Crippen LogP contribution in [0.5, 0.6) is 0 Å². The number of methoxy groups -OCH3 is 1. The van der Waals surface area contributed by atoms with E-state index in [4.69, 9.17) is 9.47 Å². The Kier molecular flexibility index (Phi) is 10.1. The molecule has 0 radical (unpaired) electrons. The maximum atomic E-state index is 13.0. The summed E-state index contributed by atoms with van der Waals surface area (Å²) < 4.78 is 11.6. The fourth-order valence-electron chi connectivity index (χ4n) is 4.29. The number of carbonyl (C=O) groups excluding carboxylic acids is 1. The van der Waals surface area contributed by atoms with E-state index in [-0.39, 0.29) is 18.6 Å². The molecule has 2 bridgehead atoms. The smallest absolute Gasteiger partial charge is 0.311 e. The van der Waals surface area contributed by atoms with Gasteiger partial charge in [0.15, 0.2) is 0 Å². The van der Waals surface area contributed by atoms with Crippen molar-refractivity contribution in [3.05, 3.63) is 47.0 Å². The number of rotatable bonds is 5. The van der Waals surface area contributed by atoms with Crippen LogP contribution in [0, 0.1) is 11.8 Å². The third kappa shape index (κ3) is 7.12. The number of carbonyl (C=O) groups is 1. The van der Waals surface area contributed by atoms with Gasteiger partial charge in [-0.2, -0.15) is 0 Å². The molecule has 0 amide bonds. The Balaban J connectivity index is 2.46. The number of hydrogen-bond acceptors (Lipinski definition) is 6. The van der Waals surface area contributed by atoms with Gasteiger partial charge in [-0.15, -0.1) is 0 Å². The van der Waals surface area contributed by atoms with Crippen LogP contribution in [0.15, 0.2) is 35.9 Å². The minimum Gasteiger partial charge on any atom is -0.457 e. The molecule has 2 rings (SSSR count). The van der Waals surface area contributed by atoms with Crippen LogP contribution >= 0.6 is 0 Å². The normalized spacial score (nSPS) is 30.3. The highest BCUT2D eigenvalue weighted by atomic mass is 16.5. The SMILES string of the molecule is CC[C@H](/C=C(/C)[C@@H]1C[C@@H](OC)C[C@@H](O)C(C)(C)c2cccc(c2)C[C@@H](O)[C@H](C)C(=O)O1)CO. The van der Waals surface area contributed by atoms with Gasteiger partial charge in [0, 0.05) is 37.9 Å². The number of ether oxygens (including phenoxy) is 2. The summed E-state index contributed by atoms with van der Waals surface area (Å²) >= 11 is 0. The summed E-state index contributed by atoms with van der Waals surface area (Å²) in [5.74, 6) is -1.21. The lowest BCUT2D eigenvalue weighted by atomic mass is 9.76. The van der Waals surface area contributed by atoms with Crippen LogP contribution in [-0.4, -0.2) is 59.4 Å². The lowest BCUT2D eigenvalue weighted by Crippen LogP contribution is -2.39. The van der Waals surface area contributed by atoms with Crippen LogP contribution in [0.1, 0.15) is 65.0 Å². The van der Waals surface area contributed by atoms with E-state index in [9.17, 15) is 20.1 Å². The van der Waals surface area contributed by atoms with E-state index >= 15 is 0 Å². The summed E-state index contributed by atoms with van der Waals surface area (Å²) in [6.07, 6.45) is 1.28. The Labute approximate surface area is 198 Å². The van der Waals surface area contributed by atoms with Crippen molar-refractivity contribution < 1.29 is 29.6 Å². The number of hydrogen-bond donors (Lipinski definition) is 3. The van der Waals surface area contributed by atoms with Gasteiger partial charge in [0.1, 0.15) is 6.10 Å². The molecule has 0 saturated heterocycles. The fraction of sp³-hybridized carbons (Fsp3) is 0.667. The zero-order valence-corrected chi connectivity index (χ0v) is 21.0. The van der Waals surface area contributed by atoms with E-state index in [2.05, 4.69) is 0 Å². The van der Waals surface area contributed by atoms with Gasteiger partial charge in [0.05, 0.1) is 24.2 Å². The molecule has 1 aliphatic heterocycles. The molecule has 6 atom stereocenters. The van der Waals surface area contributed by atoms with Crippen LogP contribution in [0.3, 0.4) is 0 Å². The highest BCUT2D eigenvalue weighted by molar-refractivity contribution is 5.73. The molecule has 6 nitrogen and oxygen atoms in total. The van der Waals surface area contributed by atoms with Gasteiger partial charge >= 0.3 is 5.97 Å². The predicted molar refractivity (Wildman–Crippen MR) is 129 cm³/mol. The first kappa shape index (κ1) is 27.5. The summed E-state index contributed by atoms with van der Waals surface area (Å²) in [4.78, 5) is 13.0. The zero-order valence-electron chi connectivity index (χ0n) is 21.0. The topological polar surface area (TPSA) is 96.2 Å². The van der Waals surface area contributed by atoms with Gasteiger partial charge in [-0.25, -0.2) is 0 Å². The third-order valence-corrected chi connectivity index (χ3v) is 7.22. The number of aliphatic hydroxyl groups is 3. The van der Waals surface area contributed by atoms with E-state index < -0.39 is 35.6 Å². The minimum atomic E-state index is -0.896. The summed E-state index contributed by atoms with van der Waals surface area (Å²) in [6.45, 7) is 9.59. The number of cyclic esters (lactones) is 1.